The maximum absolute atomic E-state index is 12.3. The van der Waals surface area contributed by atoms with Gasteiger partial charge in [-0.1, -0.05) is 18.2 Å². The zero-order chi connectivity index (χ0) is 20.2. The molecule has 0 fully saturated rings. The number of oxazole rings is 1. The minimum absolute atomic E-state index is 0.0207. The maximum atomic E-state index is 12.3. The zero-order valence-electron chi connectivity index (χ0n) is 16.0. The number of rotatable bonds is 4. The van der Waals surface area contributed by atoms with E-state index in [0.717, 1.165) is 0 Å². The second kappa shape index (κ2) is 8.03. The van der Waals surface area contributed by atoms with Crippen LogP contribution in [-0.2, 0) is 9.53 Å². The number of esters is 1. The number of aryl methyl sites for hydroxylation is 1. The molecule has 2 rings (SSSR count). The van der Waals surface area contributed by atoms with Crippen LogP contribution in [0.3, 0.4) is 0 Å². The fraction of sp³-hybridized carbons (Fsp3) is 0.368. The number of carbonyl (C=O) groups excluding carboxylic acids is 3. The summed E-state index contributed by atoms with van der Waals surface area (Å²) in [4.78, 5) is 40.2. The predicted octanol–water partition coefficient (Wildman–Crippen LogP) is 2.82. The van der Waals surface area contributed by atoms with Gasteiger partial charge in [0.25, 0.3) is 5.91 Å². The summed E-state index contributed by atoms with van der Waals surface area (Å²) >= 11 is 0. The lowest BCUT2D eigenvalue weighted by Gasteiger charge is -2.21. The van der Waals surface area contributed by atoms with Gasteiger partial charge in [0, 0.05) is 11.1 Å². The predicted molar refractivity (Wildman–Crippen MR) is 98.0 cm³/mol. The molecule has 2 aromatic rings. The van der Waals surface area contributed by atoms with Gasteiger partial charge < -0.3 is 14.5 Å². The van der Waals surface area contributed by atoms with Crippen LogP contribution in [-0.4, -0.2) is 34.5 Å². The van der Waals surface area contributed by atoms with Crippen molar-refractivity contribution in [3.8, 4) is 11.5 Å². The summed E-state index contributed by atoms with van der Waals surface area (Å²) in [7, 11) is 0. The fourth-order valence-corrected chi connectivity index (χ4v) is 2.15. The number of amides is 3. The molecule has 1 atom stereocenters. The van der Waals surface area contributed by atoms with Gasteiger partial charge in [0.2, 0.25) is 5.89 Å². The average molecular weight is 373 g/mol. The SMILES string of the molecule is Cc1oc(-c2ccccc2)nc1C(=O)OC(C)C(=O)NC(=O)NC(C)(C)C. The zero-order valence-corrected chi connectivity index (χ0v) is 16.0. The van der Waals surface area contributed by atoms with Gasteiger partial charge in [-0.2, -0.15) is 0 Å². The number of urea groups is 1. The third-order valence-electron chi connectivity index (χ3n) is 3.39. The van der Waals surface area contributed by atoms with Gasteiger partial charge in [-0.3, -0.25) is 10.1 Å². The molecule has 0 saturated heterocycles. The van der Waals surface area contributed by atoms with Crippen molar-refractivity contribution >= 4 is 17.9 Å². The second-order valence-electron chi connectivity index (χ2n) is 7.03. The third-order valence-corrected chi connectivity index (χ3v) is 3.39. The Hall–Kier alpha value is -3.16. The van der Waals surface area contributed by atoms with Gasteiger partial charge in [0.05, 0.1) is 0 Å². The lowest BCUT2D eigenvalue weighted by Crippen LogP contribution is -2.50. The van der Waals surface area contributed by atoms with Gasteiger partial charge in [-0.05, 0) is 46.8 Å². The van der Waals surface area contributed by atoms with E-state index < -0.39 is 29.6 Å². The molecule has 144 valence electrons. The molecule has 3 amide bonds. The average Bonchev–Trinajstić information content (AvgIpc) is 2.95. The van der Waals surface area contributed by atoms with Crippen molar-refractivity contribution in [3.05, 3.63) is 41.8 Å². The van der Waals surface area contributed by atoms with Crippen molar-refractivity contribution in [2.75, 3.05) is 0 Å². The molecule has 0 aliphatic carbocycles. The van der Waals surface area contributed by atoms with E-state index in [0.29, 0.717) is 5.56 Å². The van der Waals surface area contributed by atoms with Gasteiger partial charge in [-0.25, -0.2) is 14.6 Å². The van der Waals surface area contributed by atoms with Crippen LogP contribution in [0.4, 0.5) is 4.79 Å². The molecule has 1 aromatic carbocycles. The van der Waals surface area contributed by atoms with E-state index in [9.17, 15) is 14.4 Å². The monoisotopic (exact) mass is 373 g/mol. The molecular formula is C19H23N3O5. The fourth-order valence-electron chi connectivity index (χ4n) is 2.15. The Kier molecular flexibility index (Phi) is 5.99. The first-order valence-electron chi connectivity index (χ1n) is 8.43. The summed E-state index contributed by atoms with van der Waals surface area (Å²) in [6, 6.07) is 8.42. The molecule has 1 heterocycles. The molecule has 0 aliphatic rings. The minimum atomic E-state index is -1.18. The van der Waals surface area contributed by atoms with E-state index in [1.165, 1.54) is 6.92 Å². The van der Waals surface area contributed by atoms with Gasteiger partial charge in [-0.15, -0.1) is 0 Å². The highest BCUT2D eigenvalue weighted by Crippen LogP contribution is 2.22. The number of ether oxygens (including phenoxy) is 1. The third kappa shape index (κ3) is 5.67. The van der Waals surface area contributed by atoms with E-state index >= 15 is 0 Å². The molecule has 0 bridgehead atoms. The number of hydrogen-bond acceptors (Lipinski definition) is 6. The molecule has 0 aliphatic heterocycles. The topological polar surface area (TPSA) is 111 Å². The number of nitrogens with one attached hydrogen (secondary N) is 2. The summed E-state index contributed by atoms with van der Waals surface area (Å²) in [5.74, 6) is -0.995. The molecule has 1 unspecified atom stereocenters. The van der Waals surface area contributed by atoms with Crippen molar-refractivity contribution in [2.24, 2.45) is 0 Å². The molecule has 0 saturated carbocycles. The Bertz CT molecular complexity index is 837. The standard InChI is InChI=1S/C19H23N3O5/c1-11-14(20-16(26-11)13-9-7-6-8-10-13)17(24)27-12(2)15(23)21-18(25)22-19(3,4)5/h6-10,12H,1-5H3,(H2,21,22,23,25). The number of carbonyl (C=O) groups is 3. The normalized spacial score (nSPS) is 12.2. The van der Waals surface area contributed by atoms with Crippen LogP contribution in [0, 0.1) is 6.92 Å². The second-order valence-corrected chi connectivity index (χ2v) is 7.03. The van der Waals surface area contributed by atoms with Gasteiger partial charge in [0.1, 0.15) is 5.76 Å². The van der Waals surface area contributed by atoms with Gasteiger partial charge >= 0.3 is 12.0 Å². The smallest absolute Gasteiger partial charge is 0.361 e. The van der Waals surface area contributed by atoms with Crippen molar-refractivity contribution in [1.29, 1.82) is 0 Å². The van der Waals surface area contributed by atoms with Crippen LogP contribution < -0.4 is 10.6 Å². The van der Waals surface area contributed by atoms with E-state index in [4.69, 9.17) is 9.15 Å². The first-order chi connectivity index (χ1) is 12.6. The number of imide groups is 1. The first-order valence-corrected chi connectivity index (χ1v) is 8.43. The lowest BCUT2D eigenvalue weighted by molar-refractivity contribution is -0.127. The molecule has 8 heteroatoms. The van der Waals surface area contributed by atoms with Crippen LogP contribution in [0.15, 0.2) is 34.7 Å². The summed E-state index contributed by atoms with van der Waals surface area (Å²) in [5.41, 5.74) is 0.188. The molecule has 2 N–H and O–H groups in total. The van der Waals surface area contributed by atoms with Crippen LogP contribution in [0.5, 0.6) is 0 Å². The summed E-state index contributed by atoms with van der Waals surface area (Å²) in [5, 5.41) is 4.71. The van der Waals surface area contributed by atoms with E-state index in [1.807, 2.05) is 18.2 Å². The van der Waals surface area contributed by atoms with Crippen LogP contribution in [0.25, 0.3) is 11.5 Å². The lowest BCUT2D eigenvalue weighted by atomic mass is 10.1. The number of aromatic nitrogens is 1. The number of hydrogen-bond donors (Lipinski definition) is 2. The number of benzene rings is 1. The molecule has 1 aromatic heterocycles. The summed E-state index contributed by atoms with van der Waals surface area (Å²) in [6.45, 7) is 8.28. The largest absolute Gasteiger partial charge is 0.448 e. The Morgan fingerprint density at radius 1 is 1.15 bits per heavy atom. The first kappa shape index (κ1) is 20.2. The van der Waals surface area contributed by atoms with E-state index in [2.05, 4.69) is 15.6 Å². The highest BCUT2D eigenvalue weighted by atomic mass is 16.5. The van der Waals surface area contributed by atoms with E-state index in [-0.39, 0.29) is 17.3 Å². The van der Waals surface area contributed by atoms with Crippen molar-refractivity contribution in [3.63, 3.8) is 0 Å². The highest BCUT2D eigenvalue weighted by Gasteiger charge is 2.26. The quantitative estimate of drug-likeness (QED) is 0.798. The minimum Gasteiger partial charge on any atom is -0.448 e. The Balaban J connectivity index is 2.01. The molecule has 27 heavy (non-hydrogen) atoms. The van der Waals surface area contributed by atoms with Crippen LogP contribution >= 0.6 is 0 Å². The molecule has 0 spiro atoms. The van der Waals surface area contributed by atoms with Crippen LogP contribution in [0.2, 0.25) is 0 Å². The molecular weight excluding hydrogens is 350 g/mol. The Morgan fingerprint density at radius 3 is 2.37 bits per heavy atom. The van der Waals surface area contributed by atoms with Crippen molar-refractivity contribution in [1.82, 2.24) is 15.6 Å². The molecule has 8 nitrogen and oxygen atoms in total. The number of nitrogens with zero attached hydrogens (tertiary/aromatic N) is 1. The van der Waals surface area contributed by atoms with Crippen molar-refractivity contribution in [2.45, 2.75) is 46.3 Å². The molecule has 0 radical (unpaired) electrons. The highest BCUT2D eigenvalue weighted by molar-refractivity contribution is 5.98. The maximum Gasteiger partial charge on any atom is 0.361 e. The Morgan fingerprint density at radius 2 is 1.78 bits per heavy atom. The summed E-state index contributed by atoms with van der Waals surface area (Å²) in [6.07, 6.45) is -1.18. The van der Waals surface area contributed by atoms with E-state index in [1.54, 1.807) is 39.8 Å². The Labute approximate surface area is 157 Å². The van der Waals surface area contributed by atoms with Crippen molar-refractivity contribution < 1.29 is 23.5 Å². The van der Waals surface area contributed by atoms with Crippen LogP contribution in [0.1, 0.15) is 43.9 Å². The van der Waals surface area contributed by atoms with Gasteiger partial charge in [0.15, 0.2) is 11.8 Å². The summed E-state index contributed by atoms with van der Waals surface area (Å²) < 4.78 is 10.6.